The van der Waals surface area contributed by atoms with Crippen LogP contribution in [0.1, 0.15) is 16.7 Å². The molecule has 2 heteroatoms. The van der Waals surface area contributed by atoms with E-state index in [2.05, 4.69) is 93.6 Å². The largest absolute Gasteiger partial charge is 1.00 e. The molecule has 3 aromatic rings. The molecule has 118 valence electrons. The maximum atomic E-state index is 2.31. The smallest absolute Gasteiger partial charge is 1.00 e. The third-order valence-corrected chi connectivity index (χ3v) is 8.45. The Morgan fingerprint density at radius 2 is 0.652 bits per heavy atom. The molecule has 0 aliphatic carbocycles. The molecule has 0 spiro atoms. The molecule has 0 aromatic heterocycles. The van der Waals surface area contributed by atoms with Crippen molar-refractivity contribution in [1.29, 1.82) is 0 Å². The van der Waals surface area contributed by atoms with Crippen molar-refractivity contribution >= 4 is 27.3 Å². The zero-order valence-corrected chi connectivity index (χ0v) is 17.0. The van der Waals surface area contributed by atoms with Crippen LogP contribution >= 0.6 is 0 Å². The zero-order valence-electron chi connectivity index (χ0n) is 13.7. The Hall–Kier alpha value is -1.34. The van der Waals surface area contributed by atoms with E-state index in [1.807, 2.05) is 0 Å². The summed E-state index contributed by atoms with van der Waals surface area (Å²) >= 11 is -1.20. The number of hydrogen-bond donors (Lipinski definition) is 0. The van der Waals surface area contributed by atoms with Crippen molar-refractivity contribution in [1.82, 2.24) is 0 Å². The van der Waals surface area contributed by atoms with Crippen LogP contribution in [0, 0.1) is 20.8 Å². The van der Waals surface area contributed by atoms with Gasteiger partial charge in [-0.3, -0.25) is 0 Å². The minimum Gasteiger partial charge on any atom is -1.00 e. The average molecular weight is 432 g/mol. The quantitative estimate of drug-likeness (QED) is 0.517. The van der Waals surface area contributed by atoms with E-state index in [1.54, 1.807) is 0 Å². The normalized spacial score (nSPS) is 10.4. The minimum absolute atomic E-state index is 0. The summed E-state index contributed by atoms with van der Waals surface area (Å²) in [6.45, 7) is 6.45. The Kier molecular flexibility index (Phi) is 6.24. The molecule has 0 fully saturated rings. The van der Waals surface area contributed by atoms with Crippen LogP contribution < -0.4 is 30.4 Å². The Morgan fingerprint density at radius 3 is 0.870 bits per heavy atom. The van der Waals surface area contributed by atoms with Crippen molar-refractivity contribution in [2.45, 2.75) is 20.8 Å². The Labute approximate surface area is 154 Å². The molecule has 23 heavy (non-hydrogen) atoms. The Balaban J connectivity index is 0.00000192. The average Bonchev–Trinajstić information content (AvgIpc) is 2.53. The number of rotatable bonds is 3. The SMILES string of the molecule is Cc1ccc([Se+](c2ccc(C)cc2)c2ccc(C)cc2)cc1.[Br-]. The topological polar surface area (TPSA) is 0 Å². The Morgan fingerprint density at radius 1 is 0.435 bits per heavy atom. The second-order valence-electron chi connectivity index (χ2n) is 5.75. The summed E-state index contributed by atoms with van der Waals surface area (Å²) in [5.74, 6) is 0. The maximum Gasteiger partial charge on any atom is -1.00 e. The molecule has 0 heterocycles. The molecule has 0 N–H and O–H groups in total. The molecule has 3 rings (SSSR count). The summed E-state index contributed by atoms with van der Waals surface area (Å²) in [4.78, 5) is 0. The van der Waals surface area contributed by atoms with E-state index in [0.717, 1.165) is 0 Å². The number of hydrogen-bond acceptors (Lipinski definition) is 0. The van der Waals surface area contributed by atoms with Gasteiger partial charge < -0.3 is 17.0 Å². The predicted octanol–water partition coefficient (Wildman–Crippen LogP) is 0.132. The van der Waals surface area contributed by atoms with Gasteiger partial charge in [-0.15, -0.1) is 0 Å². The standard InChI is InChI=1S/C21H21Se.BrH/c1-16-4-10-19(11-5-16)22(20-12-6-17(2)7-13-20)21-14-8-18(3)9-15-21;/h4-15H,1-3H3;1H/q+1;/p-1. The van der Waals surface area contributed by atoms with Crippen molar-refractivity contribution in [3.8, 4) is 0 Å². The van der Waals surface area contributed by atoms with Gasteiger partial charge in [0.1, 0.15) is 0 Å². The Bertz CT molecular complexity index is 635. The van der Waals surface area contributed by atoms with Gasteiger partial charge in [0, 0.05) is 0 Å². The van der Waals surface area contributed by atoms with E-state index < -0.39 is 13.9 Å². The van der Waals surface area contributed by atoms with Gasteiger partial charge in [-0.05, 0) is 0 Å². The van der Waals surface area contributed by atoms with E-state index in [0.29, 0.717) is 0 Å². The van der Waals surface area contributed by atoms with Crippen LogP contribution in [-0.4, -0.2) is 13.9 Å². The number of benzene rings is 3. The molecule has 0 saturated heterocycles. The van der Waals surface area contributed by atoms with Crippen LogP contribution in [0.25, 0.3) is 0 Å². The summed E-state index contributed by atoms with van der Waals surface area (Å²) in [7, 11) is 0. The number of halogens is 1. The molecule has 0 atom stereocenters. The van der Waals surface area contributed by atoms with E-state index in [1.165, 1.54) is 30.1 Å². The predicted molar refractivity (Wildman–Crippen MR) is 98.2 cm³/mol. The first-order chi connectivity index (χ1) is 10.6. The van der Waals surface area contributed by atoms with Crippen LogP contribution in [0.5, 0.6) is 0 Å². The fraction of sp³-hybridized carbons (Fsp3) is 0.143. The van der Waals surface area contributed by atoms with Crippen LogP contribution in [-0.2, 0) is 0 Å². The van der Waals surface area contributed by atoms with Crippen molar-refractivity contribution in [3.05, 3.63) is 89.5 Å². The van der Waals surface area contributed by atoms with Crippen LogP contribution in [0.4, 0.5) is 0 Å². The summed E-state index contributed by atoms with van der Waals surface area (Å²) in [5.41, 5.74) is 3.96. The van der Waals surface area contributed by atoms with Crippen molar-refractivity contribution in [2.75, 3.05) is 0 Å². The molecule has 0 unspecified atom stereocenters. The summed E-state index contributed by atoms with van der Waals surface area (Å²) in [5, 5.41) is 0. The first-order valence-electron chi connectivity index (χ1n) is 7.58. The summed E-state index contributed by atoms with van der Waals surface area (Å²) in [6.07, 6.45) is 0. The number of aryl methyl sites for hydroxylation is 3. The summed E-state index contributed by atoms with van der Waals surface area (Å²) in [6, 6.07) is 27.2. The third-order valence-electron chi connectivity index (χ3n) is 3.77. The van der Waals surface area contributed by atoms with E-state index in [9.17, 15) is 0 Å². The first kappa shape index (κ1) is 18.0. The maximum absolute atomic E-state index is 2.31. The van der Waals surface area contributed by atoms with E-state index in [4.69, 9.17) is 0 Å². The minimum atomic E-state index is -1.20. The fourth-order valence-electron chi connectivity index (χ4n) is 2.43. The van der Waals surface area contributed by atoms with Crippen molar-refractivity contribution < 1.29 is 17.0 Å². The second kappa shape index (κ2) is 7.97. The molecule has 0 saturated carbocycles. The van der Waals surface area contributed by atoms with Gasteiger partial charge in [0.25, 0.3) is 0 Å². The molecule has 0 amide bonds. The van der Waals surface area contributed by atoms with Gasteiger partial charge in [-0.25, -0.2) is 0 Å². The van der Waals surface area contributed by atoms with Gasteiger partial charge in [-0.2, -0.15) is 0 Å². The molecule has 0 bridgehead atoms. The van der Waals surface area contributed by atoms with Crippen LogP contribution in [0.3, 0.4) is 0 Å². The van der Waals surface area contributed by atoms with Gasteiger partial charge in [-0.1, -0.05) is 0 Å². The fourth-order valence-corrected chi connectivity index (χ4v) is 6.71. The van der Waals surface area contributed by atoms with E-state index >= 15 is 0 Å². The molecule has 0 radical (unpaired) electrons. The van der Waals surface area contributed by atoms with Gasteiger partial charge in [0.2, 0.25) is 0 Å². The zero-order chi connectivity index (χ0) is 15.5. The molecule has 0 aliphatic rings. The van der Waals surface area contributed by atoms with Crippen LogP contribution in [0.15, 0.2) is 72.8 Å². The molecular formula is C21H21BrSe. The summed E-state index contributed by atoms with van der Waals surface area (Å²) < 4.78 is 4.41. The van der Waals surface area contributed by atoms with Gasteiger partial charge in [0.05, 0.1) is 0 Å². The molecule has 0 aliphatic heterocycles. The molecule has 3 aromatic carbocycles. The third kappa shape index (κ3) is 4.35. The second-order valence-corrected chi connectivity index (χ2v) is 10.00. The monoisotopic (exact) mass is 432 g/mol. The van der Waals surface area contributed by atoms with Crippen LogP contribution in [0.2, 0.25) is 0 Å². The van der Waals surface area contributed by atoms with E-state index in [-0.39, 0.29) is 17.0 Å². The first-order valence-corrected chi connectivity index (χ1v) is 10.1. The molecular weight excluding hydrogens is 411 g/mol. The van der Waals surface area contributed by atoms with Gasteiger partial charge >= 0.3 is 138 Å². The molecule has 0 nitrogen and oxygen atoms in total. The van der Waals surface area contributed by atoms with Crippen molar-refractivity contribution in [2.24, 2.45) is 0 Å². The van der Waals surface area contributed by atoms with Crippen molar-refractivity contribution in [3.63, 3.8) is 0 Å². The van der Waals surface area contributed by atoms with Gasteiger partial charge in [0.15, 0.2) is 0 Å².